The van der Waals surface area contributed by atoms with Gasteiger partial charge in [0.2, 0.25) is 5.91 Å². The van der Waals surface area contributed by atoms with E-state index in [1.54, 1.807) is 0 Å². The lowest BCUT2D eigenvalue weighted by atomic mass is 10.1. The number of piperazine rings is 1. The fourth-order valence-electron chi connectivity index (χ4n) is 3.77. The number of nitrogens with zero attached hydrogens (tertiary/aromatic N) is 2. The molecule has 1 aliphatic heterocycles. The lowest BCUT2D eigenvalue weighted by molar-refractivity contribution is -0.385. The Morgan fingerprint density at radius 2 is 1.78 bits per heavy atom. The molecule has 1 aliphatic rings. The van der Waals surface area contributed by atoms with E-state index in [2.05, 4.69) is 12.2 Å². The number of carbonyl (C=O) groups excluding carboxylic acids is 3. The maximum absolute atomic E-state index is 13.0. The van der Waals surface area contributed by atoms with Gasteiger partial charge in [-0.25, -0.2) is 0 Å². The molecule has 2 amide bonds. The van der Waals surface area contributed by atoms with Gasteiger partial charge in [0, 0.05) is 19.2 Å². The van der Waals surface area contributed by atoms with E-state index in [1.165, 1.54) is 61.3 Å². The number of nitrogens with one attached hydrogen (secondary N) is 1. The molecule has 1 fully saturated rings. The third kappa shape index (κ3) is 7.62. The van der Waals surface area contributed by atoms with Crippen molar-refractivity contribution >= 4 is 23.5 Å². The number of unbranched alkanes of at least 4 members (excludes halogenated alkanes) is 7. The summed E-state index contributed by atoms with van der Waals surface area (Å²) in [7, 11) is 0. The lowest BCUT2D eigenvalue weighted by Gasteiger charge is -2.34. The standard InChI is InChI=1S/C23H33N3O6/c1-2-3-4-5-6-7-8-11-16-32-21(27)17-20-22(28)24-14-15-25(20)23(29)18-12-9-10-13-19(18)26(30)31/h9-10,12-13,20H,2-8,11,14-17H2,1H3,(H,24,28). The highest BCUT2D eigenvalue weighted by atomic mass is 16.6. The molecular weight excluding hydrogens is 414 g/mol. The van der Waals surface area contributed by atoms with Crippen molar-refractivity contribution in [2.45, 2.75) is 70.8 Å². The zero-order valence-corrected chi connectivity index (χ0v) is 18.7. The molecule has 1 heterocycles. The van der Waals surface area contributed by atoms with Crippen molar-refractivity contribution in [1.29, 1.82) is 0 Å². The van der Waals surface area contributed by atoms with Crippen molar-refractivity contribution in [3.05, 3.63) is 39.9 Å². The van der Waals surface area contributed by atoms with Crippen LogP contribution >= 0.6 is 0 Å². The predicted molar refractivity (Wildman–Crippen MR) is 119 cm³/mol. The highest BCUT2D eigenvalue weighted by molar-refractivity contribution is 6.01. The molecule has 0 aliphatic carbocycles. The van der Waals surface area contributed by atoms with Crippen molar-refractivity contribution in [2.24, 2.45) is 0 Å². The van der Waals surface area contributed by atoms with E-state index in [-0.39, 0.29) is 37.4 Å². The molecule has 0 spiro atoms. The Labute approximate surface area is 188 Å². The number of amides is 2. The molecule has 1 atom stereocenters. The Kier molecular flexibility index (Phi) is 10.6. The molecule has 1 aromatic carbocycles. The second-order valence-corrected chi connectivity index (χ2v) is 7.98. The highest BCUT2D eigenvalue weighted by Gasteiger charge is 2.37. The average molecular weight is 448 g/mol. The minimum absolute atomic E-state index is 0.107. The first-order valence-corrected chi connectivity index (χ1v) is 11.4. The molecule has 9 nitrogen and oxygen atoms in total. The van der Waals surface area contributed by atoms with Crippen LogP contribution in [0.5, 0.6) is 0 Å². The summed E-state index contributed by atoms with van der Waals surface area (Å²) in [6.45, 7) is 2.84. The number of ether oxygens (including phenoxy) is 1. The van der Waals surface area contributed by atoms with Crippen LogP contribution < -0.4 is 5.32 Å². The summed E-state index contributed by atoms with van der Waals surface area (Å²) in [4.78, 5) is 49.5. The SMILES string of the molecule is CCCCCCCCCCOC(=O)CC1C(=O)NCCN1C(=O)c1ccccc1[N+](=O)[O-]. The van der Waals surface area contributed by atoms with Gasteiger partial charge in [-0.05, 0) is 12.5 Å². The largest absolute Gasteiger partial charge is 0.466 e. The summed E-state index contributed by atoms with van der Waals surface area (Å²) < 4.78 is 5.27. The maximum Gasteiger partial charge on any atom is 0.308 e. The number of carbonyl (C=O) groups is 3. The van der Waals surface area contributed by atoms with Crippen LogP contribution in [0.4, 0.5) is 5.69 Å². The molecule has 0 aromatic heterocycles. The van der Waals surface area contributed by atoms with E-state index in [4.69, 9.17) is 4.74 Å². The summed E-state index contributed by atoms with van der Waals surface area (Å²) in [5.41, 5.74) is -0.441. The summed E-state index contributed by atoms with van der Waals surface area (Å²) in [5, 5.41) is 13.9. The normalized spacial score (nSPS) is 15.8. The lowest BCUT2D eigenvalue weighted by Crippen LogP contribution is -2.57. The zero-order valence-electron chi connectivity index (χ0n) is 18.7. The smallest absolute Gasteiger partial charge is 0.308 e. The van der Waals surface area contributed by atoms with Gasteiger partial charge in [-0.15, -0.1) is 0 Å². The maximum atomic E-state index is 13.0. The Morgan fingerprint density at radius 3 is 2.47 bits per heavy atom. The van der Waals surface area contributed by atoms with E-state index in [0.717, 1.165) is 19.3 Å². The fraction of sp³-hybridized carbons (Fsp3) is 0.609. The molecule has 2 rings (SSSR count). The third-order valence-corrected chi connectivity index (χ3v) is 5.54. The Bertz CT molecular complexity index is 798. The minimum atomic E-state index is -1.05. The van der Waals surface area contributed by atoms with Gasteiger partial charge in [0.1, 0.15) is 11.6 Å². The molecule has 9 heteroatoms. The van der Waals surface area contributed by atoms with Crippen LogP contribution in [0, 0.1) is 10.1 Å². The number of nitro groups is 1. The molecule has 0 saturated carbocycles. The molecule has 32 heavy (non-hydrogen) atoms. The number of hydrogen-bond acceptors (Lipinski definition) is 6. The van der Waals surface area contributed by atoms with Crippen molar-refractivity contribution in [2.75, 3.05) is 19.7 Å². The first-order chi connectivity index (χ1) is 15.5. The van der Waals surface area contributed by atoms with Gasteiger partial charge in [0.15, 0.2) is 0 Å². The topological polar surface area (TPSA) is 119 Å². The van der Waals surface area contributed by atoms with E-state index in [9.17, 15) is 24.5 Å². The van der Waals surface area contributed by atoms with Crippen molar-refractivity contribution in [1.82, 2.24) is 10.2 Å². The molecule has 1 unspecified atom stereocenters. The van der Waals surface area contributed by atoms with Crippen LogP contribution in [-0.4, -0.2) is 53.3 Å². The summed E-state index contributed by atoms with van der Waals surface area (Å²) in [5.74, 6) is -1.67. The number of rotatable bonds is 13. The summed E-state index contributed by atoms with van der Waals surface area (Å²) in [6, 6.07) is 4.53. The van der Waals surface area contributed by atoms with E-state index in [1.807, 2.05) is 0 Å². The third-order valence-electron chi connectivity index (χ3n) is 5.54. The van der Waals surface area contributed by atoms with Crippen molar-refractivity contribution in [3.8, 4) is 0 Å². The molecular formula is C23H33N3O6. The molecule has 0 radical (unpaired) electrons. The second kappa shape index (κ2) is 13.4. The van der Waals surface area contributed by atoms with Crippen LogP contribution in [0.3, 0.4) is 0 Å². The fourth-order valence-corrected chi connectivity index (χ4v) is 3.77. The van der Waals surface area contributed by atoms with Gasteiger partial charge in [-0.3, -0.25) is 24.5 Å². The zero-order chi connectivity index (χ0) is 23.3. The van der Waals surface area contributed by atoms with Gasteiger partial charge in [-0.1, -0.05) is 64.0 Å². The van der Waals surface area contributed by atoms with Crippen LogP contribution in [0.1, 0.15) is 75.1 Å². The highest BCUT2D eigenvalue weighted by Crippen LogP contribution is 2.22. The monoisotopic (exact) mass is 447 g/mol. The predicted octanol–water partition coefficient (Wildman–Crippen LogP) is 3.61. The number of hydrogen-bond donors (Lipinski definition) is 1. The van der Waals surface area contributed by atoms with E-state index < -0.39 is 28.7 Å². The van der Waals surface area contributed by atoms with E-state index in [0.29, 0.717) is 0 Å². The van der Waals surface area contributed by atoms with Crippen molar-refractivity contribution in [3.63, 3.8) is 0 Å². The molecule has 1 N–H and O–H groups in total. The van der Waals surface area contributed by atoms with Gasteiger partial charge in [-0.2, -0.15) is 0 Å². The van der Waals surface area contributed by atoms with Crippen molar-refractivity contribution < 1.29 is 24.0 Å². The molecule has 0 bridgehead atoms. The summed E-state index contributed by atoms with van der Waals surface area (Å²) in [6.07, 6.45) is 8.72. The Balaban J connectivity index is 1.86. The first kappa shape index (κ1) is 25.3. The van der Waals surface area contributed by atoms with Gasteiger partial charge < -0.3 is 15.0 Å². The second-order valence-electron chi connectivity index (χ2n) is 7.98. The quantitative estimate of drug-likeness (QED) is 0.214. The average Bonchev–Trinajstić information content (AvgIpc) is 2.78. The number of benzene rings is 1. The minimum Gasteiger partial charge on any atom is -0.466 e. The van der Waals surface area contributed by atoms with Crippen LogP contribution in [0.15, 0.2) is 24.3 Å². The molecule has 1 aromatic rings. The van der Waals surface area contributed by atoms with Crippen LogP contribution in [0.2, 0.25) is 0 Å². The summed E-state index contributed by atoms with van der Waals surface area (Å²) >= 11 is 0. The number of esters is 1. The number of para-hydroxylation sites is 1. The van der Waals surface area contributed by atoms with Gasteiger partial charge in [0.05, 0.1) is 18.0 Å². The van der Waals surface area contributed by atoms with Gasteiger partial charge in [0.25, 0.3) is 11.6 Å². The van der Waals surface area contributed by atoms with Crippen LogP contribution in [-0.2, 0) is 14.3 Å². The molecule has 176 valence electrons. The molecule has 1 saturated heterocycles. The van der Waals surface area contributed by atoms with E-state index >= 15 is 0 Å². The Morgan fingerprint density at radius 1 is 1.12 bits per heavy atom. The Hall–Kier alpha value is -2.97. The first-order valence-electron chi connectivity index (χ1n) is 11.4. The van der Waals surface area contributed by atoms with Crippen LogP contribution in [0.25, 0.3) is 0 Å². The number of nitro benzene ring substituents is 1. The van der Waals surface area contributed by atoms with Gasteiger partial charge >= 0.3 is 5.97 Å².